The summed E-state index contributed by atoms with van der Waals surface area (Å²) in [5.74, 6) is 8.91. The number of hydrogen-bond donors (Lipinski definition) is 0. The first-order valence-electron chi connectivity index (χ1n) is 18.9. The largest absolute Gasteiger partial charge is 0.482 e. The summed E-state index contributed by atoms with van der Waals surface area (Å²) in [6.45, 7) is 15.0. The van der Waals surface area contributed by atoms with Gasteiger partial charge in [-0.2, -0.15) is 0 Å². The van der Waals surface area contributed by atoms with Gasteiger partial charge in [0.15, 0.2) is 5.71 Å². The molecule has 0 N–H and O–H groups in total. The molecule has 0 spiro atoms. The minimum absolute atomic E-state index is 0. The average Bonchev–Trinajstić information content (AvgIpc) is 3.68. The Balaban J connectivity index is 0.000000204. The molecule has 1 unspecified atom stereocenters. The second-order valence-electron chi connectivity index (χ2n) is 15.8. The van der Waals surface area contributed by atoms with E-state index in [1.165, 1.54) is 28.7 Å². The third-order valence-electron chi connectivity index (χ3n) is 10.2. The van der Waals surface area contributed by atoms with Crippen LogP contribution in [0.5, 0.6) is 0 Å². The van der Waals surface area contributed by atoms with Crippen LogP contribution in [0.25, 0.3) is 61.4 Å². The molecule has 283 valence electrons. The van der Waals surface area contributed by atoms with Gasteiger partial charge >= 0.3 is 132 Å². The maximum Gasteiger partial charge on any atom is 0.183 e. The molecule has 8 aromatic rings. The van der Waals surface area contributed by atoms with Crippen LogP contribution in [0, 0.1) is 52.7 Å². The van der Waals surface area contributed by atoms with E-state index in [-0.39, 0.29) is 20.1 Å². The van der Waals surface area contributed by atoms with Crippen molar-refractivity contribution in [3.8, 4) is 28.3 Å². The number of pyridine rings is 3. The molecular weight excluding hydrogens is 915 g/mol. The fourth-order valence-electron chi connectivity index (χ4n) is 7.38. The van der Waals surface area contributed by atoms with Crippen LogP contribution >= 0.6 is 0 Å². The van der Waals surface area contributed by atoms with Crippen molar-refractivity contribution in [1.82, 2.24) is 24.5 Å². The summed E-state index contributed by atoms with van der Waals surface area (Å²) in [6, 6.07) is 31.9. The molecule has 0 aliphatic heterocycles. The van der Waals surface area contributed by atoms with E-state index in [0.717, 1.165) is 79.4 Å². The zero-order valence-corrected chi connectivity index (χ0v) is 38.0. The number of hydrogen-bond acceptors (Lipinski definition) is 5. The monoisotopic (exact) mass is 966 g/mol. The summed E-state index contributed by atoms with van der Waals surface area (Å²) in [7, 11) is 0. The molecule has 0 amide bonds. The minimum atomic E-state index is -1.87. The van der Waals surface area contributed by atoms with Crippen LogP contribution in [-0.4, -0.2) is 37.8 Å². The molecule has 0 bridgehead atoms. The normalized spacial score (nSPS) is 12.1. The molecule has 55 heavy (non-hydrogen) atoms. The number of furan rings is 1. The number of rotatable bonds is 7. The van der Waals surface area contributed by atoms with E-state index in [2.05, 4.69) is 121 Å². The van der Waals surface area contributed by atoms with Gasteiger partial charge in [-0.1, -0.05) is 40.8 Å². The van der Waals surface area contributed by atoms with Crippen LogP contribution < -0.4 is 4.40 Å². The maximum atomic E-state index is 5.99. The SMILES string of the molecule is CCC(C)Cc1cc(-c2[c-]cccc2)nc[c]1[Ge]([CH3])([CH3])[CH3].Cc1cc(C)c(-n2c(-c3[c-]c4c(cc3)oc3nc(C)ccc34)nc3cnc(C)cc32)c(C)c1.[Ir]. The Kier molecular flexibility index (Phi) is 12.0. The molecule has 6 nitrogen and oxygen atoms in total. The Labute approximate surface area is 341 Å². The van der Waals surface area contributed by atoms with Crippen LogP contribution in [0.2, 0.25) is 17.3 Å². The first-order chi connectivity index (χ1) is 25.8. The zero-order chi connectivity index (χ0) is 38.3. The number of aromatic nitrogens is 5. The molecule has 0 fully saturated rings. The molecular formula is C47H49GeIrN5O-2. The molecule has 0 aliphatic carbocycles. The van der Waals surface area contributed by atoms with Gasteiger partial charge in [-0.25, -0.2) is 4.98 Å². The van der Waals surface area contributed by atoms with Crippen LogP contribution in [0.15, 0.2) is 89.6 Å². The smallest absolute Gasteiger partial charge is 0.183 e. The molecule has 8 heteroatoms. The van der Waals surface area contributed by atoms with E-state index in [0.29, 0.717) is 5.71 Å². The van der Waals surface area contributed by atoms with E-state index in [1.54, 1.807) is 4.40 Å². The van der Waals surface area contributed by atoms with Crippen molar-refractivity contribution < 1.29 is 24.5 Å². The van der Waals surface area contributed by atoms with Gasteiger partial charge in [0, 0.05) is 37.2 Å². The Morgan fingerprint density at radius 2 is 1.58 bits per heavy atom. The fraction of sp³-hybridized carbons (Fsp3) is 0.277. The molecule has 5 aromatic heterocycles. The summed E-state index contributed by atoms with van der Waals surface area (Å²) in [5.41, 5.74) is 14.6. The van der Waals surface area contributed by atoms with Crippen LogP contribution in [0.3, 0.4) is 0 Å². The van der Waals surface area contributed by atoms with Crippen LogP contribution in [0.1, 0.15) is 53.9 Å². The van der Waals surface area contributed by atoms with Crippen molar-refractivity contribution >= 4 is 50.8 Å². The second-order valence-corrected chi connectivity index (χ2v) is 26.4. The zero-order valence-electron chi connectivity index (χ0n) is 33.6. The predicted molar refractivity (Wildman–Crippen MR) is 227 cm³/mol. The molecule has 3 aromatic carbocycles. The average molecular weight is 965 g/mol. The standard InChI is InChI=1S/C28H23N4O.C19H26GeN.Ir/c1-15-10-16(2)26(17(3)11-15)32-24-12-19(5)29-14-23(24)31-27(32)20-7-9-25-22(13-20)21-8-6-18(4)30-28(21)33-25;1-6-15(2)12-17-13-19(16-10-8-7-9-11-16)21-14-18(17)20(3,4)5;/h6-12,14H,1-5H3;7-10,13-15H,6,12H2,1-5H3;/q2*-1;. The van der Waals surface area contributed by atoms with E-state index >= 15 is 0 Å². The van der Waals surface area contributed by atoms with Gasteiger partial charge in [-0.3, -0.25) is 9.97 Å². The Morgan fingerprint density at radius 3 is 2.27 bits per heavy atom. The molecule has 1 radical (unpaired) electrons. The van der Waals surface area contributed by atoms with Crippen LogP contribution in [-0.2, 0) is 26.5 Å². The summed E-state index contributed by atoms with van der Waals surface area (Å²) >= 11 is -1.87. The topological polar surface area (TPSA) is 69.6 Å². The van der Waals surface area contributed by atoms with Crippen LogP contribution in [0.4, 0.5) is 0 Å². The van der Waals surface area contributed by atoms with Crippen molar-refractivity contribution in [3.05, 3.63) is 131 Å². The van der Waals surface area contributed by atoms with E-state index in [4.69, 9.17) is 14.4 Å². The Hall–Kier alpha value is -4.43. The van der Waals surface area contributed by atoms with Crippen molar-refractivity contribution in [1.29, 1.82) is 0 Å². The van der Waals surface area contributed by atoms with E-state index in [1.807, 2.05) is 56.4 Å². The Morgan fingerprint density at radius 1 is 0.818 bits per heavy atom. The number of imidazole rings is 1. The third kappa shape index (κ3) is 8.40. The van der Waals surface area contributed by atoms with Crippen molar-refractivity contribution in [2.24, 2.45) is 5.92 Å². The first-order valence-corrected chi connectivity index (χ1v) is 26.3. The summed E-state index contributed by atoms with van der Waals surface area (Å²) in [4.78, 5) is 18.8. The molecule has 0 aliphatic rings. The van der Waals surface area contributed by atoms with Gasteiger partial charge in [0.25, 0.3) is 0 Å². The van der Waals surface area contributed by atoms with Gasteiger partial charge < -0.3 is 8.98 Å². The third-order valence-corrected chi connectivity index (χ3v) is 14.5. The second kappa shape index (κ2) is 16.4. The van der Waals surface area contributed by atoms with Crippen molar-refractivity contribution in [2.45, 2.75) is 78.6 Å². The quantitative estimate of drug-likeness (QED) is 0.118. The first kappa shape index (κ1) is 40.2. The summed E-state index contributed by atoms with van der Waals surface area (Å²) in [6.07, 6.45) is 6.39. The van der Waals surface area contributed by atoms with Gasteiger partial charge in [0.2, 0.25) is 0 Å². The fourth-order valence-corrected chi connectivity index (χ4v) is 10.7. The van der Waals surface area contributed by atoms with Gasteiger partial charge in [0.05, 0.1) is 28.6 Å². The van der Waals surface area contributed by atoms with Gasteiger partial charge in [-0.15, -0.1) is 12.1 Å². The summed E-state index contributed by atoms with van der Waals surface area (Å²) < 4.78 is 9.78. The molecule has 1 atom stereocenters. The molecule has 0 saturated carbocycles. The number of aryl methyl sites for hydroxylation is 5. The van der Waals surface area contributed by atoms with E-state index in [9.17, 15) is 0 Å². The molecule has 8 rings (SSSR count). The van der Waals surface area contributed by atoms with Crippen molar-refractivity contribution in [2.75, 3.05) is 0 Å². The minimum Gasteiger partial charge on any atom is -0.482 e. The summed E-state index contributed by atoms with van der Waals surface area (Å²) in [5, 5.41) is 1.88. The Bertz CT molecular complexity index is 2610. The number of nitrogens with zero attached hydrogens (tertiary/aromatic N) is 5. The maximum absolute atomic E-state index is 5.99. The number of benzene rings is 3. The van der Waals surface area contributed by atoms with Crippen molar-refractivity contribution in [3.63, 3.8) is 0 Å². The van der Waals surface area contributed by atoms with Gasteiger partial charge in [0.1, 0.15) is 0 Å². The number of fused-ring (bicyclic) bond motifs is 4. The molecule has 0 saturated heterocycles. The van der Waals surface area contributed by atoms with Gasteiger partial charge in [-0.05, 0) is 63.3 Å². The molecule has 5 heterocycles. The predicted octanol–water partition coefficient (Wildman–Crippen LogP) is 11.4. The van der Waals surface area contributed by atoms with E-state index < -0.39 is 13.3 Å².